The van der Waals surface area contributed by atoms with Crippen molar-refractivity contribution in [2.24, 2.45) is 0 Å². The number of halogens is 1. The molecule has 0 aliphatic carbocycles. The predicted molar refractivity (Wildman–Crippen MR) is 76.0 cm³/mol. The van der Waals surface area contributed by atoms with Crippen molar-refractivity contribution in [2.45, 2.75) is 13.0 Å². The number of nitrogens with zero attached hydrogens (tertiary/aromatic N) is 3. The summed E-state index contributed by atoms with van der Waals surface area (Å²) >= 11 is 0. The number of ether oxygens (including phenoxy) is 1. The van der Waals surface area contributed by atoms with Gasteiger partial charge in [-0.15, -0.1) is 0 Å². The highest BCUT2D eigenvalue weighted by atomic mass is 19.1. The number of anilines is 1. The molecule has 1 N–H and O–H groups in total. The summed E-state index contributed by atoms with van der Waals surface area (Å²) in [7, 11) is 0. The Morgan fingerprint density at radius 1 is 1.52 bits per heavy atom. The fourth-order valence-corrected chi connectivity index (χ4v) is 2.24. The van der Waals surface area contributed by atoms with Crippen LogP contribution >= 0.6 is 0 Å². The van der Waals surface area contributed by atoms with Crippen molar-refractivity contribution < 1.29 is 23.2 Å². The van der Waals surface area contributed by atoms with Gasteiger partial charge in [0.15, 0.2) is 0 Å². The van der Waals surface area contributed by atoms with Crippen molar-refractivity contribution in [3.8, 4) is 11.4 Å². The van der Waals surface area contributed by atoms with Gasteiger partial charge in [0.05, 0.1) is 24.3 Å². The zero-order valence-corrected chi connectivity index (χ0v) is 12.2. The van der Waals surface area contributed by atoms with Crippen molar-refractivity contribution in [2.75, 3.05) is 18.0 Å². The molecule has 120 valence electrons. The number of amides is 2. The van der Waals surface area contributed by atoms with Crippen LogP contribution in [0.15, 0.2) is 29.1 Å². The molecule has 1 aliphatic heterocycles. The summed E-state index contributed by atoms with van der Waals surface area (Å²) in [5, 5.41) is 6.15. The number of carbonyl (C=O) groups excluding carboxylic acids is 2. The molecule has 1 aliphatic rings. The molecule has 23 heavy (non-hydrogen) atoms. The van der Waals surface area contributed by atoms with Gasteiger partial charge in [-0.1, -0.05) is 5.16 Å². The molecule has 0 saturated carbocycles. The largest absolute Gasteiger partial charge is 0.442 e. The van der Waals surface area contributed by atoms with E-state index in [4.69, 9.17) is 4.74 Å². The minimum absolute atomic E-state index is 0.126. The van der Waals surface area contributed by atoms with Gasteiger partial charge in [-0.05, 0) is 18.2 Å². The maximum atomic E-state index is 14.2. The first-order valence-corrected chi connectivity index (χ1v) is 6.83. The molecular formula is C14H13FN4O4. The van der Waals surface area contributed by atoms with Gasteiger partial charge < -0.3 is 14.6 Å². The molecular weight excluding hydrogens is 307 g/mol. The van der Waals surface area contributed by atoms with E-state index in [0.717, 1.165) is 6.39 Å². The summed E-state index contributed by atoms with van der Waals surface area (Å²) in [4.78, 5) is 27.9. The van der Waals surface area contributed by atoms with Gasteiger partial charge in [0, 0.05) is 6.92 Å². The lowest BCUT2D eigenvalue weighted by Gasteiger charge is -2.13. The van der Waals surface area contributed by atoms with E-state index in [-0.39, 0.29) is 30.4 Å². The Bertz CT molecular complexity index is 734. The summed E-state index contributed by atoms with van der Waals surface area (Å²) < 4.78 is 23.9. The van der Waals surface area contributed by atoms with E-state index in [1.165, 1.54) is 24.0 Å². The third kappa shape index (κ3) is 3.12. The quantitative estimate of drug-likeness (QED) is 0.913. The number of nitrogens with one attached hydrogen (secondary N) is 1. The van der Waals surface area contributed by atoms with E-state index in [0.29, 0.717) is 5.69 Å². The Morgan fingerprint density at radius 2 is 2.35 bits per heavy atom. The molecule has 1 saturated heterocycles. The summed E-state index contributed by atoms with van der Waals surface area (Å²) in [5.41, 5.74) is 0.523. The second kappa shape index (κ2) is 6.03. The van der Waals surface area contributed by atoms with Gasteiger partial charge in [-0.25, -0.2) is 9.18 Å². The first-order valence-electron chi connectivity index (χ1n) is 6.83. The second-order valence-electron chi connectivity index (χ2n) is 4.97. The minimum atomic E-state index is -0.591. The minimum Gasteiger partial charge on any atom is -0.442 e. The first kappa shape index (κ1) is 14.9. The molecule has 3 rings (SSSR count). The van der Waals surface area contributed by atoms with E-state index in [1.54, 1.807) is 6.07 Å². The van der Waals surface area contributed by atoms with Gasteiger partial charge in [-0.2, -0.15) is 4.98 Å². The number of hydrogen-bond acceptors (Lipinski definition) is 6. The van der Waals surface area contributed by atoms with Crippen LogP contribution in [0.25, 0.3) is 11.4 Å². The Morgan fingerprint density at radius 3 is 3.00 bits per heavy atom. The Hall–Kier alpha value is -2.97. The third-order valence-corrected chi connectivity index (χ3v) is 3.32. The molecule has 1 aromatic carbocycles. The van der Waals surface area contributed by atoms with Crippen LogP contribution in [0, 0.1) is 5.82 Å². The van der Waals surface area contributed by atoms with Crippen LogP contribution in [0.4, 0.5) is 14.9 Å². The molecule has 2 amide bonds. The van der Waals surface area contributed by atoms with Crippen molar-refractivity contribution in [3.63, 3.8) is 0 Å². The number of carbonyl (C=O) groups is 2. The number of rotatable bonds is 4. The van der Waals surface area contributed by atoms with Crippen LogP contribution in [-0.4, -0.2) is 41.3 Å². The zero-order valence-electron chi connectivity index (χ0n) is 12.2. The van der Waals surface area contributed by atoms with Gasteiger partial charge in [-0.3, -0.25) is 9.69 Å². The number of aromatic nitrogens is 2. The summed E-state index contributed by atoms with van der Waals surface area (Å²) in [6, 6.07) is 4.23. The lowest BCUT2D eigenvalue weighted by Crippen LogP contribution is -2.33. The average molecular weight is 320 g/mol. The fourth-order valence-electron chi connectivity index (χ4n) is 2.24. The predicted octanol–water partition coefficient (Wildman–Crippen LogP) is 1.34. The lowest BCUT2D eigenvalue weighted by atomic mass is 10.1. The van der Waals surface area contributed by atoms with Crippen LogP contribution in [0.5, 0.6) is 0 Å². The highest BCUT2D eigenvalue weighted by Gasteiger charge is 2.32. The number of benzene rings is 1. The van der Waals surface area contributed by atoms with Gasteiger partial charge in [0.25, 0.3) is 0 Å². The van der Waals surface area contributed by atoms with Crippen LogP contribution < -0.4 is 10.2 Å². The van der Waals surface area contributed by atoms with Gasteiger partial charge in [0.1, 0.15) is 11.9 Å². The maximum Gasteiger partial charge on any atom is 0.414 e. The van der Waals surface area contributed by atoms with Crippen molar-refractivity contribution in [3.05, 3.63) is 30.4 Å². The first-order chi connectivity index (χ1) is 11.0. The van der Waals surface area contributed by atoms with E-state index in [1.807, 2.05) is 0 Å². The Balaban J connectivity index is 1.76. The zero-order chi connectivity index (χ0) is 16.4. The maximum absolute atomic E-state index is 14.2. The van der Waals surface area contributed by atoms with Crippen molar-refractivity contribution in [1.82, 2.24) is 15.5 Å². The van der Waals surface area contributed by atoms with Crippen LogP contribution in [0.2, 0.25) is 0 Å². The average Bonchev–Trinajstić information content (AvgIpc) is 3.14. The van der Waals surface area contributed by atoms with Crippen molar-refractivity contribution >= 4 is 17.7 Å². The van der Waals surface area contributed by atoms with Gasteiger partial charge in [0.2, 0.25) is 18.1 Å². The molecule has 9 heteroatoms. The van der Waals surface area contributed by atoms with Crippen LogP contribution in [-0.2, 0) is 9.53 Å². The monoisotopic (exact) mass is 320 g/mol. The standard InChI is InChI=1S/C14H13FN4O4/c1-8(20)16-5-10-6-19(14(21)23-10)9-2-3-11(12(15)4-9)13-17-7-22-18-13/h2-4,7,10H,5-6H2,1H3,(H,16,20). The fraction of sp³-hybridized carbons (Fsp3) is 0.286. The molecule has 2 heterocycles. The summed E-state index contributed by atoms with van der Waals surface area (Å²) in [6.45, 7) is 1.81. The molecule has 0 bridgehead atoms. The van der Waals surface area contributed by atoms with Crippen molar-refractivity contribution in [1.29, 1.82) is 0 Å². The number of cyclic esters (lactones) is 1. The third-order valence-electron chi connectivity index (χ3n) is 3.32. The normalized spacial score (nSPS) is 17.2. The summed E-state index contributed by atoms with van der Waals surface area (Å²) in [5.74, 6) is -0.668. The Kier molecular flexibility index (Phi) is 3.92. The molecule has 2 aromatic rings. The van der Waals surface area contributed by atoms with Gasteiger partial charge >= 0.3 is 6.09 Å². The molecule has 0 radical (unpaired) electrons. The molecule has 0 spiro atoms. The summed E-state index contributed by atoms with van der Waals surface area (Å²) in [6.07, 6.45) is 0.0334. The number of hydrogen-bond donors (Lipinski definition) is 1. The highest BCUT2D eigenvalue weighted by Crippen LogP contribution is 2.27. The van der Waals surface area contributed by atoms with Crippen LogP contribution in [0.3, 0.4) is 0 Å². The molecule has 1 atom stereocenters. The van der Waals surface area contributed by atoms with E-state index in [2.05, 4.69) is 20.0 Å². The Labute approximate surface area is 130 Å². The van der Waals surface area contributed by atoms with E-state index < -0.39 is 18.0 Å². The van der Waals surface area contributed by atoms with E-state index in [9.17, 15) is 14.0 Å². The molecule has 8 nitrogen and oxygen atoms in total. The molecule has 1 unspecified atom stereocenters. The van der Waals surface area contributed by atoms with Crippen LogP contribution in [0.1, 0.15) is 6.92 Å². The lowest BCUT2D eigenvalue weighted by molar-refractivity contribution is -0.119. The molecule has 1 fully saturated rings. The topological polar surface area (TPSA) is 97.6 Å². The second-order valence-corrected chi connectivity index (χ2v) is 4.97. The SMILES string of the molecule is CC(=O)NCC1CN(c2ccc(-c3ncon3)c(F)c2)C(=O)O1. The highest BCUT2D eigenvalue weighted by molar-refractivity contribution is 5.90. The molecule has 1 aromatic heterocycles. The smallest absolute Gasteiger partial charge is 0.414 e. The van der Waals surface area contributed by atoms with E-state index >= 15 is 0 Å².